The Kier molecular flexibility index (Phi) is 6.69. The van der Waals surface area contributed by atoms with Gasteiger partial charge in [0.25, 0.3) is 0 Å². The van der Waals surface area contributed by atoms with Gasteiger partial charge in [0, 0.05) is 25.6 Å². The Balaban J connectivity index is 1.46. The lowest BCUT2D eigenvalue weighted by molar-refractivity contribution is -0.139. The van der Waals surface area contributed by atoms with Gasteiger partial charge >= 0.3 is 0 Å². The zero-order chi connectivity index (χ0) is 18.7. The van der Waals surface area contributed by atoms with Gasteiger partial charge in [-0.15, -0.1) is 0 Å². The molecule has 0 aromatic carbocycles. The fourth-order valence-electron chi connectivity index (χ4n) is 5.49. The van der Waals surface area contributed by atoms with Crippen LogP contribution in [-0.4, -0.2) is 48.4 Å². The molecule has 3 rings (SSSR count). The second-order valence-corrected chi connectivity index (χ2v) is 10.7. The fraction of sp³-hybridized carbons (Fsp3) is 0.957. The zero-order valence-electron chi connectivity index (χ0n) is 17.8. The van der Waals surface area contributed by atoms with E-state index in [1.165, 1.54) is 58.2 Å². The van der Waals surface area contributed by atoms with E-state index in [1.54, 1.807) is 0 Å². The highest BCUT2D eigenvalue weighted by molar-refractivity contribution is 5.79. The van der Waals surface area contributed by atoms with Crippen LogP contribution in [0.25, 0.3) is 0 Å². The highest BCUT2D eigenvalue weighted by Crippen LogP contribution is 2.40. The number of carbonyl (C=O) groups is 1. The summed E-state index contributed by atoms with van der Waals surface area (Å²) in [6, 6.07) is 0. The van der Waals surface area contributed by atoms with Gasteiger partial charge in [-0.3, -0.25) is 4.79 Å². The molecule has 1 saturated carbocycles. The molecule has 1 unspecified atom stereocenters. The molecular weight excluding hydrogens is 320 g/mol. The molecule has 3 nitrogen and oxygen atoms in total. The maximum atomic E-state index is 13.1. The monoisotopic (exact) mass is 362 g/mol. The highest BCUT2D eigenvalue weighted by Gasteiger charge is 2.35. The van der Waals surface area contributed by atoms with Crippen LogP contribution < -0.4 is 0 Å². The average molecular weight is 363 g/mol. The van der Waals surface area contributed by atoms with Crippen molar-refractivity contribution in [2.24, 2.45) is 29.1 Å². The molecule has 0 radical (unpaired) electrons. The third kappa shape index (κ3) is 5.24. The Morgan fingerprint density at radius 1 is 0.923 bits per heavy atom. The van der Waals surface area contributed by atoms with E-state index >= 15 is 0 Å². The van der Waals surface area contributed by atoms with Crippen molar-refractivity contribution >= 4 is 5.91 Å². The van der Waals surface area contributed by atoms with Crippen molar-refractivity contribution < 1.29 is 4.79 Å². The summed E-state index contributed by atoms with van der Waals surface area (Å²) in [5, 5.41) is 0. The fourth-order valence-corrected chi connectivity index (χ4v) is 5.49. The molecule has 2 saturated heterocycles. The van der Waals surface area contributed by atoms with E-state index in [4.69, 9.17) is 0 Å². The van der Waals surface area contributed by atoms with E-state index in [0.717, 1.165) is 37.8 Å². The Labute approximate surface area is 161 Å². The number of carbonyl (C=O) groups excluding carboxylic acids is 1. The third-order valence-electron chi connectivity index (χ3n) is 7.52. The van der Waals surface area contributed by atoms with Crippen molar-refractivity contribution in [2.45, 2.75) is 79.1 Å². The van der Waals surface area contributed by atoms with Crippen LogP contribution >= 0.6 is 0 Å². The van der Waals surface area contributed by atoms with E-state index in [0.29, 0.717) is 23.2 Å². The molecule has 150 valence electrons. The van der Waals surface area contributed by atoms with Crippen LogP contribution in [0.1, 0.15) is 79.1 Å². The number of piperidine rings is 2. The summed E-state index contributed by atoms with van der Waals surface area (Å²) in [4.78, 5) is 18.0. The van der Waals surface area contributed by atoms with Crippen LogP contribution in [0.2, 0.25) is 0 Å². The zero-order valence-corrected chi connectivity index (χ0v) is 17.8. The van der Waals surface area contributed by atoms with Gasteiger partial charge in [-0.25, -0.2) is 0 Å². The highest BCUT2D eigenvalue weighted by atomic mass is 16.2. The Hall–Kier alpha value is -0.570. The second kappa shape index (κ2) is 8.63. The Morgan fingerprint density at radius 2 is 1.58 bits per heavy atom. The number of hydrogen-bond acceptors (Lipinski definition) is 2. The first-order valence-corrected chi connectivity index (χ1v) is 11.3. The van der Waals surface area contributed by atoms with Gasteiger partial charge in [-0.1, -0.05) is 27.7 Å². The van der Waals surface area contributed by atoms with Gasteiger partial charge in [0.2, 0.25) is 5.91 Å². The molecule has 2 heterocycles. The molecule has 1 atom stereocenters. The van der Waals surface area contributed by atoms with Crippen LogP contribution in [0.3, 0.4) is 0 Å². The van der Waals surface area contributed by atoms with Gasteiger partial charge in [-0.05, 0) is 87.6 Å². The standard InChI is InChI=1S/C23H42N2O/c1-18-11-14-24(15-12-18)16-19-6-5-13-25(17-19)22(26)20-7-9-21(10-8-20)23(2,3)4/h18-21H,5-17H2,1-4H3. The second-order valence-electron chi connectivity index (χ2n) is 10.7. The Bertz CT molecular complexity index is 453. The number of nitrogens with zero attached hydrogens (tertiary/aromatic N) is 2. The van der Waals surface area contributed by atoms with Gasteiger partial charge in [0.1, 0.15) is 0 Å². The molecular formula is C23H42N2O. The van der Waals surface area contributed by atoms with Crippen molar-refractivity contribution in [3.8, 4) is 0 Å². The van der Waals surface area contributed by atoms with Crippen LogP contribution in [0.4, 0.5) is 0 Å². The number of amides is 1. The lowest BCUT2D eigenvalue weighted by Crippen LogP contribution is -2.47. The maximum Gasteiger partial charge on any atom is 0.225 e. The van der Waals surface area contributed by atoms with Crippen molar-refractivity contribution in [3.05, 3.63) is 0 Å². The van der Waals surface area contributed by atoms with Crippen LogP contribution in [0.15, 0.2) is 0 Å². The summed E-state index contributed by atoms with van der Waals surface area (Å²) in [6.07, 6.45) is 9.94. The molecule has 0 N–H and O–H groups in total. The van der Waals surface area contributed by atoms with Crippen LogP contribution in [0, 0.1) is 29.1 Å². The maximum absolute atomic E-state index is 13.1. The van der Waals surface area contributed by atoms with Crippen molar-refractivity contribution in [1.82, 2.24) is 9.80 Å². The van der Waals surface area contributed by atoms with Crippen molar-refractivity contribution in [3.63, 3.8) is 0 Å². The quantitative estimate of drug-likeness (QED) is 0.719. The van der Waals surface area contributed by atoms with E-state index in [9.17, 15) is 4.79 Å². The predicted molar refractivity (Wildman–Crippen MR) is 109 cm³/mol. The first-order valence-electron chi connectivity index (χ1n) is 11.3. The smallest absolute Gasteiger partial charge is 0.225 e. The van der Waals surface area contributed by atoms with E-state index in [-0.39, 0.29) is 0 Å². The molecule has 3 aliphatic rings. The molecule has 3 heteroatoms. The predicted octanol–water partition coefficient (Wildman–Crippen LogP) is 4.81. The first kappa shape index (κ1) is 20.2. The van der Waals surface area contributed by atoms with Crippen LogP contribution in [-0.2, 0) is 4.79 Å². The first-order chi connectivity index (χ1) is 12.3. The van der Waals surface area contributed by atoms with Crippen molar-refractivity contribution in [1.29, 1.82) is 0 Å². The summed E-state index contributed by atoms with van der Waals surface area (Å²) in [5.74, 6) is 3.19. The van der Waals surface area contributed by atoms with E-state index in [2.05, 4.69) is 37.5 Å². The summed E-state index contributed by atoms with van der Waals surface area (Å²) in [7, 11) is 0. The molecule has 0 spiro atoms. The molecule has 0 bridgehead atoms. The average Bonchev–Trinajstić information content (AvgIpc) is 2.63. The minimum absolute atomic E-state index is 0.309. The lowest BCUT2D eigenvalue weighted by atomic mass is 9.69. The summed E-state index contributed by atoms with van der Waals surface area (Å²) in [5.41, 5.74) is 0.399. The normalized spacial score (nSPS) is 32.6. The molecule has 2 aliphatic heterocycles. The number of likely N-dealkylation sites (tertiary alicyclic amines) is 2. The summed E-state index contributed by atoms with van der Waals surface area (Å²) < 4.78 is 0. The minimum atomic E-state index is 0.309. The molecule has 0 aromatic heterocycles. The molecule has 1 amide bonds. The number of rotatable bonds is 3. The Morgan fingerprint density at radius 3 is 2.19 bits per heavy atom. The lowest BCUT2D eigenvalue weighted by Gasteiger charge is -2.41. The molecule has 3 fully saturated rings. The van der Waals surface area contributed by atoms with E-state index in [1.807, 2.05) is 0 Å². The topological polar surface area (TPSA) is 23.6 Å². The van der Waals surface area contributed by atoms with E-state index < -0.39 is 0 Å². The van der Waals surface area contributed by atoms with Crippen LogP contribution in [0.5, 0.6) is 0 Å². The molecule has 26 heavy (non-hydrogen) atoms. The SMILES string of the molecule is CC1CCN(CC2CCCN(C(=O)C3CCC(C(C)(C)C)CC3)C2)CC1. The van der Waals surface area contributed by atoms with Gasteiger partial charge in [0.15, 0.2) is 0 Å². The summed E-state index contributed by atoms with van der Waals surface area (Å²) >= 11 is 0. The van der Waals surface area contributed by atoms with Gasteiger partial charge < -0.3 is 9.80 Å². The van der Waals surface area contributed by atoms with Crippen molar-refractivity contribution in [2.75, 3.05) is 32.7 Å². The van der Waals surface area contributed by atoms with Gasteiger partial charge in [-0.2, -0.15) is 0 Å². The van der Waals surface area contributed by atoms with Gasteiger partial charge in [0.05, 0.1) is 0 Å². The largest absolute Gasteiger partial charge is 0.342 e. The minimum Gasteiger partial charge on any atom is -0.342 e. The number of hydrogen-bond donors (Lipinski definition) is 0. The summed E-state index contributed by atoms with van der Waals surface area (Å²) in [6.45, 7) is 15.2. The molecule has 0 aromatic rings. The molecule has 1 aliphatic carbocycles. The third-order valence-corrected chi connectivity index (χ3v) is 7.52.